The Hall–Kier alpha value is -1.41. The molecule has 0 spiro atoms. The fourth-order valence-electron chi connectivity index (χ4n) is 0.769. The van der Waals surface area contributed by atoms with Crippen LogP contribution >= 0.6 is 11.3 Å². The van der Waals surface area contributed by atoms with Crippen molar-refractivity contribution in [3.63, 3.8) is 0 Å². The average Bonchev–Trinajstić information content (AvgIpc) is 2.62. The molecule has 1 heterocycles. The molecule has 0 aliphatic rings. The van der Waals surface area contributed by atoms with Gasteiger partial charge in [-0.05, 0) is 13.0 Å². The highest BCUT2D eigenvalue weighted by Crippen LogP contribution is 2.20. The third kappa shape index (κ3) is 3.99. The molecule has 1 aromatic rings. The maximum absolute atomic E-state index is 11.2. The molecule has 0 atom stereocenters. The van der Waals surface area contributed by atoms with Crippen LogP contribution in [0.5, 0.6) is 0 Å². The lowest BCUT2D eigenvalue weighted by molar-refractivity contribution is -0.131. The molecule has 0 radical (unpaired) electrons. The molecule has 88 valence electrons. The predicted octanol–water partition coefficient (Wildman–Crippen LogP) is 1.00. The van der Waals surface area contributed by atoms with Gasteiger partial charge in [-0.1, -0.05) is 11.3 Å². The minimum atomic E-state index is -3.33. The van der Waals surface area contributed by atoms with E-state index in [1.54, 1.807) is 0 Å². The second-order valence-electron chi connectivity index (χ2n) is 2.74. The van der Waals surface area contributed by atoms with Crippen LogP contribution in [0.4, 0.5) is 5.13 Å². The molecule has 0 saturated heterocycles. The topological polar surface area (TPSA) is 96.4 Å². The number of carboxylic acids is 1. The third-order valence-corrected chi connectivity index (χ3v) is 3.81. The Bertz CT molecular complexity index is 504. The van der Waals surface area contributed by atoms with E-state index in [-0.39, 0.29) is 10.9 Å². The lowest BCUT2D eigenvalue weighted by Crippen LogP contribution is -2.14. The molecule has 1 rings (SSSR count). The molecule has 0 unspecified atom stereocenters. The number of carbonyl (C=O) groups is 1. The molecule has 6 nitrogen and oxygen atoms in total. The Morgan fingerprint density at radius 1 is 1.69 bits per heavy atom. The van der Waals surface area contributed by atoms with Crippen LogP contribution in [-0.2, 0) is 14.8 Å². The van der Waals surface area contributed by atoms with Gasteiger partial charge in [0.15, 0.2) is 5.13 Å². The van der Waals surface area contributed by atoms with Crippen LogP contribution in [0.1, 0.15) is 11.8 Å². The molecule has 2 N–H and O–H groups in total. The van der Waals surface area contributed by atoms with Crippen molar-refractivity contribution in [3.05, 3.63) is 17.2 Å². The van der Waals surface area contributed by atoms with Gasteiger partial charge in [-0.15, -0.1) is 0 Å². The lowest BCUT2D eigenvalue weighted by atomic mass is 10.4. The summed E-state index contributed by atoms with van der Waals surface area (Å²) in [6.07, 6.45) is 3.72. The molecule has 0 saturated carbocycles. The van der Waals surface area contributed by atoms with Gasteiger partial charge in [-0.3, -0.25) is 4.72 Å². The zero-order valence-electron chi connectivity index (χ0n) is 8.37. The number of carboxylic acid groups (broad SMARTS) is 1. The van der Waals surface area contributed by atoms with Gasteiger partial charge in [0.25, 0.3) is 0 Å². The van der Waals surface area contributed by atoms with E-state index in [0.717, 1.165) is 17.4 Å². The van der Waals surface area contributed by atoms with E-state index in [2.05, 4.69) is 9.71 Å². The lowest BCUT2D eigenvalue weighted by Gasteiger charge is -1.99. The first-order valence-electron chi connectivity index (χ1n) is 4.30. The van der Waals surface area contributed by atoms with Gasteiger partial charge in [0.2, 0.25) is 10.0 Å². The summed E-state index contributed by atoms with van der Waals surface area (Å²) in [5.41, 5.74) is 0. The third-order valence-electron chi connectivity index (χ3n) is 1.54. The number of rotatable bonds is 5. The van der Waals surface area contributed by atoms with Crippen molar-refractivity contribution in [2.75, 3.05) is 10.5 Å². The predicted molar refractivity (Wildman–Crippen MR) is 61.9 cm³/mol. The standard InChI is InChI=1S/C8H10N2O4S2/c1-2-16(13,14)10-8-9-5-6(15-8)3-4-7(11)12/h3-5H,2H2,1H3,(H,9,10)(H,11,12). The number of aliphatic carboxylic acids is 1. The molecule has 1 aromatic heterocycles. The summed E-state index contributed by atoms with van der Waals surface area (Å²) < 4.78 is 24.6. The van der Waals surface area contributed by atoms with Gasteiger partial charge in [0.05, 0.1) is 5.75 Å². The summed E-state index contributed by atoms with van der Waals surface area (Å²) in [4.78, 5) is 14.6. The Labute approximate surface area is 96.7 Å². The SMILES string of the molecule is CCS(=O)(=O)Nc1ncc(C=CC(=O)O)s1. The van der Waals surface area contributed by atoms with Gasteiger partial charge in [0, 0.05) is 17.2 Å². The number of hydrogen-bond donors (Lipinski definition) is 2. The molecule has 0 bridgehead atoms. The molecule has 0 fully saturated rings. The van der Waals surface area contributed by atoms with Crippen LogP contribution in [0, 0.1) is 0 Å². The summed E-state index contributed by atoms with van der Waals surface area (Å²) >= 11 is 1.07. The van der Waals surface area contributed by atoms with Crippen molar-refractivity contribution in [2.24, 2.45) is 0 Å². The highest BCUT2D eigenvalue weighted by atomic mass is 32.2. The van der Waals surface area contributed by atoms with Crippen molar-refractivity contribution in [3.8, 4) is 0 Å². The normalized spacial score (nSPS) is 11.8. The summed E-state index contributed by atoms with van der Waals surface area (Å²) in [7, 11) is -3.33. The summed E-state index contributed by atoms with van der Waals surface area (Å²) in [5, 5.41) is 8.62. The molecule has 0 amide bonds. The summed E-state index contributed by atoms with van der Waals surface area (Å²) in [6.45, 7) is 1.52. The van der Waals surface area contributed by atoms with Crippen molar-refractivity contribution >= 4 is 38.5 Å². The van der Waals surface area contributed by atoms with E-state index in [9.17, 15) is 13.2 Å². The van der Waals surface area contributed by atoms with Crippen LogP contribution < -0.4 is 4.72 Å². The molecular formula is C8H10N2O4S2. The number of hydrogen-bond acceptors (Lipinski definition) is 5. The Morgan fingerprint density at radius 3 is 2.94 bits per heavy atom. The minimum absolute atomic E-state index is 0.0348. The number of anilines is 1. The van der Waals surface area contributed by atoms with Crippen molar-refractivity contribution in [1.82, 2.24) is 4.98 Å². The Morgan fingerprint density at radius 2 is 2.38 bits per heavy atom. The summed E-state index contributed by atoms with van der Waals surface area (Å²) in [6, 6.07) is 0. The van der Waals surface area contributed by atoms with Crippen LogP contribution in [0.2, 0.25) is 0 Å². The number of nitrogens with zero attached hydrogens (tertiary/aromatic N) is 1. The zero-order chi connectivity index (χ0) is 12.2. The molecule has 0 aliphatic carbocycles. The van der Waals surface area contributed by atoms with Crippen LogP contribution in [0.25, 0.3) is 6.08 Å². The molecule has 8 heteroatoms. The van der Waals surface area contributed by atoms with E-state index < -0.39 is 16.0 Å². The van der Waals surface area contributed by atoms with E-state index >= 15 is 0 Å². The minimum Gasteiger partial charge on any atom is -0.478 e. The molecule has 0 aromatic carbocycles. The molecular weight excluding hydrogens is 252 g/mol. The Balaban J connectivity index is 2.76. The van der Waals surface area contributed by atoms with E-state index in [4.69, 9.17) is 5.11 Å². The fourth-order valence-corrected chi connectivity index (χ4v) is 2.35. The monoisotopic (exact) mass is 262 g/mol. The number of sulfonamides is 1. The maximum atomic E-state index is 11.2. The second kappa shape index (κ2) is 5.08. The fraction of sp³-hybridized carbons (Fsp3) is 0.250. The van der Waals surface area contributed by atoms with E-state index in [1.807, 2.05) is 0 Å². The average molecular weight is 262 g/mol. The van der Waals surface area contributed by atoms with Gasteiger partial charge in [0.1, 0.15) is 0 Å². The smallest absolute Gasteiger partial charge is 0.328 e. The zero-order valence-corrected chi connectivity index (χ0v) is 10.0. The maximum Gasteiger partial charge on any atom is 0.328 e. The first kappa shape index (κ1) is 12.7. The van der Waals surface area contributed by atoms with Crippen LogP contribution in [0.3, 0.4) is 0 Å². The quantitative estimate of drug-likeness (QED) is 0.772. The first-order chi connectivity index (χ1) is 7.43. The van der Waals surface area contributed by atoms with Crippen LogP contribution in [0.15, 0.2) is 12.3 Å². The van der Waals surface area contributed by atoms with E-state index in [0.29, 0.717) is 4.88 Å². The second-order valence-corrected chi connectivity index (χ2v) is 5.82. The van der Waals surface area contributed by atoms with Gasteiger partial charge in [-0.2, -0.15) is 0 Å². The Kier molecular flexibility index (Phi) is 4.02. The van der Waals surface area contributed by atoms with Crippen LogP contribution in [-0.4, -0.2) is 30.2 Å². The number of nitrogens with one attached hydrogen (secondary N) is 1. The first-order valence-corrected chi connectivity index (χ1v) is 6.77. The molecule has 16 heavy (non-hydrogen) atoms. The number of thiazole rings is 1. The van der Waals surface area contributed by atoms with E-state index in [1.165, 1.54) is 19.2 Å². The number of aromatic nitrogens is 1. The highest BCUT2D eigenvalue weighted by molar-refractivity contribution is 7.92. The largest absolute Gasteiger partial charge is 0.478 e. The van der Waals surface area contributed by atoms with Gasteiger partial charge < -0.3 is 5.11 Å². The summed E-state index contributed by atoms with van der Waals surface area (Å²) in [5.74, 6) is -1.10. The van der Waals surface area contributed by atoms with Gasteiger partial charge >= 0.3 is 5.97 Å². The van der Waals surface area contributed by atoms with Gasteiger partial charge in [-0.25, -0.2) is 18.2 Å². The molecule has 0 aliphatic heterocycles. The van der Waals surface area contributed by atoms with Crippen molar-refractivity contribution in [1.29, 1.82) is 0 Å². The van der Waals surface area contributed by atoms with Crippen molar-refractivity contribution in [2.45, 2.75) is 6.92 Å². The van der Waals surface area contributed by atoms with Crippen molar-refractivity contribution < 1.29 is 18.3 Å². The highest BCUT2D eigenvalue weighted by Gasteiger charge is 2.09.